The van der Waals surface area contributed by atoms with Crippen molar-refractivity contribution >= 4 is 27.7 Å². The van der Waals surface area contributed by atoms with Gasteiger partial charge in [0.25, 0.3) is 0 Å². The second-order valence-electron chi connectivity index (χ2n) is 6.80. The van der Waals surface area contributed by atoms with Gasteiger partial charge in [0, 0.05) is 29.3 Å². The molecule has 27 heavy (non-hydrogen) atoms. The summed E-state index contributed by atoms with van der Waals surface area (Å²) < 4.78 is 11.5. The molecule has 6 heteroatoms. The highest BCUT2D eigenvalue weighted by Crippen LogP contribution is 2.43. The first kappa shape index (κ1) is 19.7. The predicted octanol–water partition coefficient (Wildman–Crippen LogP) is 4.38. The summed E-state index contributed by atoms with van der Waals surface area (Å²) in [7, 11) is 1.60. The van der Waals surface area contributed by atoms with Crippen molar-refractivity contribution in [2.75, 3.05) is 13.7 Å². The third-order valence-electron chi connectivity index (χ3n) is 4.94. The molecular formula is C21H24BrNO4. The maximum Gasteiger partial charge on any atom is 0.336 e. The van der Waals surface area contributed by atoms with Crippen LogP contribution in [0, 0.1) is 0 Å². The summed E-state index contributed by atoms with van der Waals surface area (Å²) in [5.41, 5.74) is 3.74. The van der Waals surface area contributed by atoms with E-state index < -0.39 is 5.92 Å². The highest BCUT2D eigenvalue weighted by Gasteiger charge is 2.39. The quantitative estimate of drug-likeness (QED) is 0.697. The van der Waals surface area contributed by atoms with Crippen LogP contribution in [0.3, 0.4) is 0 Å². The van der Waals surface area contributed by atoms with Crippen LogP contribution in [-0.2, 0) is 14.3 Å². The first-order valence-electron chi connectivity index (χ1n) is 9.22. The van der Waals surface area contributed by atoms with Crippen molar-refractivity contribution < 1.29 is 19.1 Å². The molecule has 1 aliphatic carbocycles. The monoisotopic (exact) mass is 433 g/mol. The minimum atomic E-state index is -0.430. The van der Waals surface area contributed by atoms with E-state index in [1.54, 1.807) is 7.11 Å². The van der Waals surface area contributed by atoms with Crippen LogP contribution >= 0.6 is 15.9 Å². The van der Waals surface area contributed by atoms with Crippen molar-refractivity contribution in [2.45, 2.75) is 45.4 Å². The largest absolute Gasteiger partial charge is 0.496 e. The number of ether oxygens (including phenoxy) is 2. The van der Waals surface area contributed by atoms with Gasteiger partial charge in [0.15, 0.2) is 5.78 Å². The molecule has 1 aromatic rings. The smallest absolute Gasteiger partial charge is 0.336 e. The van der Waals surface area contributed by atoms with Crippen molar-refractivity contribution in [2.24, 2.45) is 0 Å². The Morgan fingerprint density at radius 3 is 2.78 bits per heavy atom. The molecule has 2 aliphatic rings. The molecule has 0 bridgehead atoms. The number of ketones is 1. The maximum atomic E-state index is 12.8. The van der Waals surface area contributed by atoms with E-state index in [9.17, 15) is 9.59 Å². The number of dihydropyridines is 1. The minimum absolute atomic E-state index is 0.0917. The Labute approximate surface area is 167 Å². The molecule has 1 aliphatic heterocycles. The van der Waals surface area contributed by atoms with Gasteiger partial charge in [-0.2, -0.15) is 0 Å². The van der Waals surface area contributed by atoms with Gasteiger partial charge >= 0.3 is 5.97 Å². The number of esters is 1. The van der Waals surface area contributed by atoms with Crippen LogP contribution < -0.4 is 10.1 Å². The fraction of sp³-hybridized carbons (Fsp3) is 0.429. The third-order valence-corrected chi connectivity index (χ3v) is 5.56. The summed E-state index contributed by atoms with van der Waals surface area (Å²) in [4.78, 5) is 25.7. The van der Waals surface area contributed by atoms with Gasteiger partial charge in [0.2, 0.25) is 0 Å². The number of hydrogen-bond acceptors (Lipinski definition) is 5. The number of benzene rings is 1. The van der Waals surface area contributed by atoms with Crippen LogP contribution in [0.1, 0.15) is 51.0 Å². The zero-order valence-electron chi connectivity index (χ0n) is 15.9. The molecular weight excluding hydrogens is 410 g/mol. The Balaban J connectivity index is 2.13. The van der Waals surface area contributed by atoms with Gasteiger partial charge in [-0.25, -0.2) is 4.79 Å². The van der Waals surface area contributed by atoms with Crippen LogP contribution in [-0.4, -0.2) is 25.5 Å². The van der Waals surface area contributed by atoms with Crippen molar-refractivity contribution in [3.05, 3.63) is 50.8 Å². The molecule has 1 N–H and O–H groups in total. The van der Waals surface area contributed by atoms with Crippen molar-refractivity contribution in [1.29, 1.82) is 0 Å². The van der Waals surface area contributed by atoms with Crippen molar-refractivity contribution in [1.82, 2.24) is 5.32 Å². The molecule has 0 saturated carbocycles. The molecule has 1 atom stereocenters. The fourth-order valence-corrected chi connectivity index (χ4v) is 4.28. The number of Topliss-reactive ketones (excluding diaryl/α,β-unsaturated/α-hetero) is 1. The molecule has 0 saturated heterocycles. The number of nitrogens with one attached hydrogen (secondary N) is 1. The standard InChI is InChI=1S/C21H24BrNO4/c1-4-10-27-21(25)18-12(2)23-15-6-5-7-16(24)20(15)19(18)13-8-9-17(26-3)14(22)11-13/h8-9,11,19,23H,4-7,10H2,1-3H3/t19-/m1/s1. The van der Waals surface area contributed by atoms with Crippen LogP contribution in [0.4, 0.5) is 0 Å². The van der Waals surface area contributed by atoms with Gasteiger partial charge in [0.05, 0.1) is 23.8 Å². The van der Waals surface area contributed by atoms with Crippen molar-refractivity contribution in [3.63, 3.8) is 0 Å². The molecule has 5 nitrogen and oxygen atoms in total. The lowest BCUT2D eigenvalue weighted by Gasteiger charge is -2.34. The minimum Gasteiger partial charge on any atom is -0.496 e. The number of methoxy groups -OCH3 is 1. The Hall–Kier alpha value is -2.08. The maximum absolute atomic E-state index is 12.8. The van der Waals surface area contributed by atoms with Gasteiger partial charge in [-0.15, -0.1) is 0 Å². The number of halogens is 1. The van der Waals surface area contributed by atoms with E-state index in [1.165, 1.54) is 0 Å². The molecule has 0 unspecified atom stereocenters. The summed E-state index contributed by atoms with van der Waals surface area (Å²) >= 11 is 3.52. The molecule has 3 rings (SSSR count). The average Bonchev–Trinajstić information content (AvgIpc) is 2.65. The number of carbonyl (C=O) groups excluding carboxylic acids is 2. The highest BCUT2D eigenvalue weighted by molar-refractivity contribution is 9.10. The molecule has 0 amide bonds. The Morgan fingerprint density at radius 2 is 2.11 bits per heavy atom. The normalized spacial score (nSPS) is 19.6. The van der Waals surface area contributed by atoms with Gasteiger partial charge < -0.3 is 14.8 Å². The number of allylic oxidation sites excluding steroid dienone is 3. The Bertz CT molecular complexity index is 841. The van der Waals surface area contributed by atoms with E-state index in [1.807, 2.05) is 32.0 Å². The van der Waals surface area contributed by atoms with E-state index in [4.69, 9.17) is 9.47 Å². The number of rotatable bonds is 5. The Kier molecular flexibility index (Phi) is 6.05. The van der Waals surface area contributed by atoms with E-state index >= 15 is 0 Å². The lowest BCUT2D eigenvalue weighted by Crippen LogP contribution is -2.34. The lowest BCUT2D eigenvalue weighted by atomic mass is 9.75. The zero-order valence-corrected chi connectivity index (χ0v) is 17.4. The highest BCUT2D eigenvalue weighted by atomic mass is 79.9. The van der Waals surface area contributed by atoms with Crippen molar-refractivity contribution in [3.8, 4) is 5.75 Å². The summed E-state index contributed by atoms with van der Waals surface area (Å²) in [5.74, 6) is -0.00835. The second kappa shape index (κ2) is 8.30. The average molecular weight is 434 g/mol. The molecule has 1 heterocycles. The Morgan fingerprint density at radius 1 is 1.33 bits per heavy atom. The molecule has 0 radical (unpaired) electrons. The summed E-state index contributed by atoms with van der Waals surface area (Å²) in [6.07, 6.45) is 2.89. The van der Waals surface area contributed by atoms with Crippen LogP contribution in [0.5, 0.6) is 5.75 Å². The number of hydrogen-bond donors (Lipinski definition) is 1. The summed E-state index contributed by atoms with van der Waals surface area (Å²) in [6, 6.07) is 5.67. The fourth-order valence-electron chi connectivity index (χ4n) is 3.72. The van der Waals surface area contributed by atoms with Crippen LogP contribution in [0.25, 0.3) is 0 Å². The SMILES string of the molecule is CCCOC(=O)C1=C(C)NC2=C(C(=O)CCC2)[C@@H]1c1ccc(OC)c(Br)c1. The summed E-state index contributed by atoms with van der Waals surface area (Å²) in [5, 5.41) is 3.29. The molecule has 0 fully saturated rings. The lowest BCUT2D eigenvalue weighted by molar-refractivity contribution is -0.139. The number of carbonyl (C=O) groups is 2. The molecule has 0 aromatic heterocycles. The predicted molar refractivity (Wildman–Crippen MR) is 106 cm³/mol. The molecule has 144 valence electrons. The first-order chi connectivity index (χ1) is 13.0. The summed E-state index contributed by atoms with van der Waals surface area (Å²) in [6.45, 7) is 4.18. The second-order valence-corrected chi connectivity index (χ2v) is 7.65. The van der Waals surface area contributed by atoms with Crippen LogP contribution in [0.15, 0.2) is 45.2 Å². The van der Waals surface area contributed by atoms with Gasteiger partial charge in [-0.3, -0.25) is 4.79 Å². The molecule has 0 spiro atoms. The van der Waals surface area contributed by atoms with E-state index in [-0.39, 0.29) is 11.8 Å². The zero-order chi connectivity index (χ0) is 19.6. The third kappa shape index (κ3) is 3.81. The topological polar surface area (TPSA) is 64.6 Å². The van der Waals surface area contributed by atoms with Gasteiger partial charge in [0.1, 0.15) is 5.75 Å². The molecule has 1 aromatic carbocycles. The van der Waals surface area contributed by atoms with Gasteiger partial charge in [-0.1, -0.05) is 13.0 Å². The van der Waals surface area contributed by atoms with Gasteiger partial charge in [-0.05, 0) is 59.8 Å². The van der Waals surface area contributed by atoms with E-state index in [0.29, 0.717) is 29.9 Å². The van der Waals surface area contributed by atoms with Crippen LogP contribution in [0.2, 0.25) is 0 Å². The van der Waals surface area contributed by atoms with E-state index in [2.05, 4.69) is 21.2 Å². The first-order valence-corrected chi connectivity index (χ1v) is 10.0. The van der Waals surface area contributed by atoms with E-state index in [0.717, 1.165) is 40.7 Å².